The largest absolute Gasteiger partial charge is 0.497 e. The van der Waals surface area contributed by atoms with Crippen molar-refractivity contribution < 1.29 is 19.5 Å². The summed E-state index contributed by atoms with van der Waals surface area (Å²) in [7, 11) is 1.65. The van der Waals surface area contributed by atoms with Gasteiger partial charge in [0.05, 0.1) is 26.7 Å². The molecule has 3 heterocycles. The Morgan fingerprint density at radius 2 is 1.88 bits per heavy atom. The second kappa shape index (κ2) is 11.1. The van der Waals surface area contributed by atoms with E-state index < -0.39 is 0 Å². The van der Waals surface area contributed by atoms with E-state index in [0.29, 0.717) is 25.5 Å². The van der Waals surface area contributed by atoms with Gasteiger partial charge in [0, 0.05) is 31.6 Å². The molecule has 1 fully saturated rings. The van der Waals surface area contributed by atoms with E-state index in [9.17, 15) is 4.79 Å². The van der Waals surface area contributed by atoms with E-state index in [4.69, 9.17) is 24.6 Å². The Kier molecular flexibility index (Phi) is 7.69. The van der Waals surface area contributed by atoms with Gasteiger partial charge in [-0.15, -0.1) is 0 Å². The highest BCUT2D eigenvalue weighted by molar-refractivity contribution is 5.85. The molecule has 1 amide bonds. The van der Waals surface area contributed by atoms with Crippen LogP contribution in [0.5, 0.6) is 5.75 Å². The van der Waals surface area contributed by atoms with Crippen molar-refractivity contribution >= 4 is 22.9 Å². The number of aryl methyl sites for hydroxylation is 1. The zero-order chi connectivity index (χ0) is 23.0. The molecule has 2 N–H and O–H groups in total. The van der Waals surface area contributed by atoms with Crippen LogP contribution in [0.2, 0.25) is 0 Å². The lowest BCUT2D eigenvalue weighted by atomic mass is 10.1. The van der Waals surface area contributed by atoms with Crippen LogP contribution in [0.25, 0.3) is 22.6 Å². The number of unbranched alkanes of at least 4 members (excludes halogenated alkanes) is 3. The molecular formula is C23H30N6O4. The molecule has 10 heteroatoms. The van der Waals surface area contributed by atoms with Gasteiger partial charge in [0.2, 0.25) is 5.91 Å². The average Bonchev–Trinajstić information content (AvgIpc) is 3.28. The van der Waals surface area contributed by atoms with E-state index >= 15 is 0 Å². The lowest BCUT2D eigenvalue weighted by Gasteiger charge is -2.28. The molecule has 2 aromatic heterocycles. The summed E-state index contributed by atoms with van der Waals surface area (Å²) in [5.41, 5.74) is 4.21. The van der Waals surface area contributed by atoms with E-state index in [1.165, 1.54) is 0 Å². The molecule has 1 aromatic carbocycles. The molecule has 4 rings (SSSR count). The summed E-state index contributed by atoms with van der Waals surface area (Å²) in [4.78, 5) is 27.8. The number of imidazole rings is 1. The number of fused-ring (bicyclic) bond motifs is 1. The van der Waals surface area contributed by atoms with Crippen molar-refractivity contribution in [1.29, 1.82) is 0 Å². The van der Waals surface area contributed by atoms with Crippen LogP contribution in [0.4, 0.5) is 5.82 Å². The van der Waals surface area contributed by atoms with Gasteiger partial charge >= 0.3 is 0 Å². The summed E-state index contributed by atoms with van der Waals surface area (Å²) in [6, 6.07) is 7.75. The molecule has 0 unspecified atom stereocenters. The van der Waals surface area contributed by atoms with Crippen molar-refractivity contribution in [1.82, 2.24) is 25.0 Å². The zero-order valence-corrected chi connectivity index (χ0v) is 18.9. The number of benzene rings is 1. The predicted molar refractivity (Wildman–Crippen MR) is 123 cm³/mol. The van der Waals surface area contributed by atoms with E-state index in [2.05, 4.69) is 14.5 Å². The first-order valence-corrected chi connectivity index (χ1v) is 11.3. The monoisotopic (exact) mass is 454 g/mol. The Morgan fingerprint density at radius 3 is 2.61 bits per heavy atom. The van der Waals surface area contributed by atoms with E-state index in [1.54, 1.807) is 12.6 Å². The molecule has 0 atom stereocenters. The summed E-state index contributed by atoms with van der Waals surface area (Å²) in [6.07, 6.45) is 5.77. The number of morpholine rings is 1. The maximum atomic E-state index is 11.1. The van der Waals surface area contributed by atoms with Crippen LogP contribution in [0.1, 0.15) is 32.1 Å². The summed E-state index contributed by atoms with van der Waals surface area (Å²) in [5, 5.41) is 8.57. The first kappa shape index (κ1) is 22.9. The zero-order valence-electron chi connectivity index (χ0n) is 18.9. The van der Waals surface area contributed by atoms with Gasteiger partial charge in [0.25, 0.3) is 0 Å². The maximum absolute atomic E-state index is 11.1. The summed E-state index contributed by atoms with van der Waals surface area (Å²) in [5.74, 6) is 1.94. The second-order valence-electron chi connectivity index (χ2n) is 8.01. The number of ether oxygens (including phenoxy) is 2. The fourth-order valence-electron chi connectivity index (χ4n) is 3.93. The van der Waals surface area contributed by atoms with E-state index in [1.807, 2.05) is 30.6 Å². The highest BCUT2D eigenvalue weighted by atomic mass is 16.5. The number of nitrogens with one attached hydrogen (secondary N) is 1. The Morgan fingerprint density at radius 1 is 1.12 bits per heavy atom. The lowest BCUT2D eigenvalue weighted by molar-refractivity contribution is -0.129. The summed E-state index contributed by atoms with van der Waals surface area (Å²) in [6.45, 7) is 3.64. The highest BCUT2D eigenvalue weighted by Crippen LogP contribution is 2.28. The molecule has 33 heavy (non-hydrogen) atoms. The quantitative estimate of drug-likeness (QED) is 0.273. The molecule has 0 radical (unpaired) electrons. The molecule has 0 spiro atoms. The maximum Gasteiger partial charge on any atom is 0.243 e. The van der Waals surface area contributed by atoms with Crippen LogP contribution in [-0.4, -0.2) is 64.0 Å². The molecule has 0 aliphatic carbocycles. The third-order valence-electron chi connectivity index (χ3n) is 5.78. The van der Waals surface area contributed by atoms with Crippen molar-refractivity contribution in [3.63, 3.8) is 0 Å². The number of hydrogen-bond donors (Lipinski definition) is 2. The number of carbonyl (C=O) groups excluding carboxylic acids is 1. The second-order valence-corrected chi connectivity index (χ2v) is 8.01. The van der Waals surface area contributed by atoms with Crippen LogP contribution in [0.3, 0.4) is 0 Å². The number of hydroxylamine groups is 1. The Labute approximate surface area is 192 Å². The first-order valence-electron chi connectivity index (χ1n) is 11.3. The van der Waals surface area contributed by atoms with Crippen molar-refractivity contribution in [2.24, 2.45) is 0 Å². The van der Waals surface area contributed by atoms with Gasteiger partial charge in [-0.3, -0.25) is 10.0 Å². The molecule has 3 aromatic rings. The number of hydrogen-bond acceptors (Lipinski definition) is 8. The molecular weight excluding hydrogens is 424 g/mol. The van der Waals surface area contributed by atoms with E-state index in [0.717, 1.165) is 73.6 Å². The minimum absolute atomic E-state index is 0.339. The first-order chi connectivity index (χ1) is 16.2. The van der Waals surface area contributed by atoms with Crippen LogP contribution in [-0.2, 0) is 16.1 Å². The van der Waals surface area contributed by atoms with Gasteiger partial charge in [0.15, 0.2) is 22.8 Å². The SMILES string of the molecule is COc1ccc(-c2nc(N3CCOCC3)c3ncn(CCCCCCC(=O)NO)c3n2)cc1. The van der Waals surface area contributed by atoms with Crippen LogP contribution >= 0.6 is 0 Å². The Hall–Kier alpha value is -3.24. The van der Waals surface area contributed by atoms with E-state index in [-0.39, 0.29) is 5.91 Å². The van der Waals surface area contributed by atoms with Crippen molar-refractivity contribution in [3.8, 4) is 17.1 Å². The fraction of sp³-hybridized carbons (Fsp3) is 0.478. The smallest absolute Gasteiger partial charge is 0.243 e. The molecule has 0 saturated carbocycles. The third kappa shape index (κ3) is 5.58. The summed E-state index contributed by atoms with van der Waals surface area (Å²) < 4.78 is 12.9. The van der Waals surface area contributed by atoms with Crippen molar-refractivity contribution in [3.05, 3.63) is 30.6 Å². The number of methoxy groups -OCH3 is 1. The van der Waals surface area contributed by atoms with Gasteiger partial charge in [0.1, 0.15) is 5.75 Å². The predicted octanol–water partition coefficient (Wildman–Crippen LogP) is 2.79. The number of carbonyl (C=O) groups is 1. The molecule has 1 aliphatic rings. The number of anilines is 1. The number of rotatable bonds is 10. The fourth-order valence-corrected chi connectivity index (χ4v) is 3.93. The Balaban J connectivity index is 1.56. The minimum atomic E-state index is -0.339. The molecule has 1 aliphatic heterocycles. The lowest BCUT2D eigenvalue weighted by Crippen LogP contribution is -2.37. The Bertz CT molecular complexity index is 1060. The summed E-state index contributed by atoms with van der Waals surface area (Å²) >= 11 is 0. The van der Waals surface area contributed by atoms with Crippen molar-refractivity contribution in [2.75, 3.05) is 38.3 Å². The molecule has 1 saturated heterocycles. The van der Waals surface area contributed by atoms with Crippen LogP contribution < -0.4 is 15.1 Å². The topological polar surface area (TPSA) is 115 Å². The van der Waals surface area contributed by atoms with Crippen molar-refractivity contribution in [2.45, 2.75) is 38.6 Å². The number of aromatic nitrogens is 4. The molecule has 10 nitrogen and oxygen atoms in total. The number of nitrogens with zero attached hydrogens (tertiary/aromatic N) is 5. The highest BCUT2D eigenvalue weighted by Gasteiger charge is 2.21. The van der Waals surface area contributed by atoms with Crippen LogP contribution in [0, 0.1) is 0 Å². The van der Waals surface area contributed by atoms with Gasteiger partial charge < -0.3 is 18.9 Å². The van der Waals surface area contributed by atoms with Gasteiger partial charge in [-0.2, -0.15) is 0 Å². The van der Waals surface area contributed by atoms with Crippen LogP contribution in [0.15, 0.2) is 30.6 Å². The van der Waals surface area contributed by atoms with Gasteiger partial charge in [-0.1, -0.05) is 12.8 Å². The molecule has 176 valence electrons. The molecule has 0 bridgehead atoms. The standard InChI is InChI=1S/C23H30N6O4/c1-32-18-9-7-17(8-10-18)21-25-22(28-12-14-33-15-13-28)20-23(26-21)29(16-24-20)11-5-3-2-4-6-19(30)27-31/h7-10,16,31H,2-6,11-15H2,1H3,(H,27,30). The third-order valence-corrected chi connectivity index (χ3v) is 5.78. The van der Waals surface area contributed by atoms with Gasteiger partial charge in [-0.05, 0) is 37.1 Å². The van der Waals surface area contributed by atoms with Gasteiger partial charge in [-0.25, -0.2) is 20.4 Å². The normalized spacial score (nSPS) is 13.9. The minimum Gasteiger partial charge on any atom is -0.497 e. The number of amides is 1. The average molecular weight is 455 g/mol.